The Bertz CT molecular complexity index is 400. The molecule has 6 heteroatoms. The van der Waals surface area contributed by atoms with Gasteiger partial charge in [0.05, 0.1) is 6.54 Å². The minimum absolute atomic E-state index is 0. The Morgan fingerprint density at radius 1 is 1.56 bits per heavy atom. The van der Waals surface area contributed by atoms with Crippen LogP contribution in [0.3, 0.4) is 0 Å². The van der Waals surface area contributed by atoms with Crippen molar-refractivity contribution in [3.05, 3.63) is 20.8 Å². The first-order valence-corrected chi connectivity index (χ1v) is 7.60. The molecule has 1 fully saturated rings. The van der Waals surface area contributed by atoms with Crippen molar-refractivity contribution in [3.8, 4) is 0 Å². The molecule has 1 aliphatic rings. The van der Waals surface area contributed by atoms with Gasteiger partial charge in [0.1, 0.15) is 0 Å². The summed E-state index contributed by atoms with van der Waals surface area (Å²) in [6.07, 6.45) is 2.45. The molecule has 0 saturated carbocycles. The number of hydrogen-bond acceptors (Lipinski definition) is 2. The van der Waals surface area contributed by atoms with Crippen LogP contribution in [0.25, 0.3) is 0 Å². The summed E-state index contributed by atoms with van der Waals surface area (Å²) in [5, 5.41) is 2.07. The minimum Gasteiger partial charge on any atom is -0.370 e. The lowest BCUT2D eigenvalue weighted by atomic mass is 10.00. The van der Waals surface area contributed by atoms with E-state index in [1.807, 2.05) is 0 Å². The topological polar surface area (TPSA) is 41.6 Å². The Morgan fingerprint density at radius 3 is 2.78 bits per heavy atom. The van der Waals surface area contributed by atoms with Crippen LogP contribution in [0, 0.1) is 5.92 Å². The highest BCUT2D eigenvalue weighted by molar-refractivity contribution is 14.0. The van der Waals surface area contributed by atoms with E-state index in [9.17, 15) is 0 Å². The molecule has 18 heavy (non-hydrogen) atoms. The monoisotopic (exact) mass is 443 g/mol. The van der Waals surface area contributed by atoms with Gasteiger partial charge in [0.25, 0.3) is 0 Å². The summed E-state index contributed by atoms with van der Waals surface area (Å²) in [7, 11) is 0. The van der Waals surface area contributed by atoms with Crippen LogP contribution in [0.1, 0.15) is 24.6 Å². The molecule has 3 nitrogen and oxygen atoms in total. The van der Waals surface area contributed by atoms with E-state index in [1.165, 1.54) is 17.7 Å². The molecule has 0 spiro atoms. The van der Waals surface area contributed by atoms with E-state index in [-0.39, 0.29) is 24.0 Å². The van der Waals surface area contributed by atoms with Crippen LogP contribution in [0.5, 0.6) is 0 Å². The van der Waals surface area contributed by atoms with Crippen molar-refractivity contribution >= 4 is 57.2 Å². The van der Waals surface area contributed by atoms with Crippen molar-refractivity contribution in [2.45, 2.75) is 26.3 Å². The number of halogens is 2. The van der Waals surface area contributed by atoms with Crippen molar-refractivity contribution in [1.82, 2.24) is 4.90 Å². The summed E-state index contributed by atoms with van der Waals surface area (Å²) >= 11 is 5.15. The molecule has 1 aliphatic heterocycles. The van der Waals surface area contributed by atoms with Gasteiger partial charge in [0.2, 0.25) is 0 Å². The fraction of sp³-hybridized carbons (Fsp3) is 0.583. The van der Waals surface area contributed by atoms with Gasteiger partial charge in [-0.25, -0.2) is 4.99 Å². The van der Waals surface area contributed by atoms with Gasteiger partial charge in [-0.15, -0.1) is 35.3 Å². The molecule has 1 aromatic heterocycles. The summed E-state index contributed by atoms with van der Waals surface area (Å²) in [5.74, 6) is 1.52. The first-order chi connectivity index (χ1) is 8.15. The highest BCUT2D eigenvalue weighted by Gasteiger charge is 2.16. The van der Waals surface area contributed by atoms with Crippen molar-refractivity contribution < 1.29 is 0 Å². The van der Waals surface area contributed by atoms with E-state index in [2.05, 4.69) is 44.2 Å². The van der Waals surface area contributed by atoms with Crippen LogP contribution in [0.4, 0.5) is 0 Å². The highest BCUT2D eigenvalue weighted by Crippen LogP contribution is 2.20. The number of thiophene rings is 1. The average Bonchev–Trinajstić information content (AvgIpc) is 2.73. The molecule has 1 aromatic rings. The Hall–Kier alpha value is 0.180. The van der Waals surface area contributed by atoms with Crippen LogP contribution in [0.2, 0.25) is 0 Å². The zero-order valence-corrected chi connectivity index (χ0v) is 15.2. The number of hydrogen-bond donors (Lipinski definition) is 1. The van der Waals surface area contributed by atoms with E-state index in [0.29, 0.717) is 12.5 Å². The maximum absolute atomic E-state index is 6.02. The second-order valence-electron chi connectivity index (χ2n) is 4.58. The normalized spacial score (nSPS) is 17.7. The lowest BCUT2D eigenvalue weighted by molar-refractivity contribution is 0.277. The molecule has 0 unspecified atom stereocenters. The van der Waals surface area contributed by atoms with Crippen molar-refractivity contribution in [1.29, 1.82) is 0 Å². The molecule has 0 radical (unpaired) electrons. The molecule has 102 valence electrons. The van der Waals surface area contributed by atoms with Gasteiger partial charge < -0.3 is 10.6 Å². The third-order valence-corrected chi connectivity index (χ3v) is 4.81. The van der Waals surface area contributed by atoms with E-state index < -0.39 is 0 Å². The van der Waals surface area contributed by atoms with Gasteiger partial charge in [0.15, 0.2) is 5.96 Å². The SMILES string of the molecule is CC1CCN(C(N)=NCc2cc(Br)cs2)CC1.I. The van der Waals surface area contributed by atoms with Gasteiger partial charge >= 0.3 is 0 Å². The van der Waals surface area contributed by atoms with Crippen molar-refractivity contribution in [3.63, 3.8) is 0 Å². The van der Waals surface area contributed by atoms with Gasteiger partial charge in [-0.1, -0.05) is 6.92 Å². The summed E-state index contributed by atoms with van der Waals surface area (Å²) in [5.41, 5.74) is 6.02. The fourth-order valence-corrected chi connectivity index (χ4v) is 3.31. The molecular formula is C12H19BrIN3S. The van der Waals surface area contributed by atoms with Crippen LogP contribution in [-0.2, 0) is 6.54 Å². The number of nitrogens with zero attached hydrogens (tertiary/aromatic N) is 2. The predicted molar refractivity (Wildman–Crippen MR) is 92.7 cm³/mol. The van der Waals surface area contributed by atoms with Gasteiger partial charge in [-0.3, -0.25) is 0 Å². The first kappa shape index (κ1) is 16.2. The second-order valence-corrected chi connectivity index (χ2v) is 6.49. The van der Waals surface area contributed by atoms with E-state index in [4.69, 9.17) is 5.73 Å². The third-order valence-electron chi connectivity index (χ3n) is 3.13. The molecule has 0 bridgehead atoms. The van der Waals surface area contributed by atoms with Gasteiger partial charge in [-0.05, 0) is 40.8 Å². The molecule has 0 aliphatic carbocycles. The molecule has 1 saturated heterocycles. The number of guanidine groups is 1. The highest BCUT2D eigenvalue weighted by atomic mass is 127. The molecule has 0 amide bonds. The fourth-order valence-electron chi connectivity index (χ4n) is 1.93. The average molecular weight is 444 g/mol. The molecule has 2 heterocycles. The number of rotatable bonds is 2. The lowest BCUT2D eigenvalue weighted by Gasteiger charge is -2.30. The predicted octanol–water partition coefficient (Wildman–Crippen LogP) is 3.68. The quantitative estimate of drug-likeness (QED) is 0.430. The zero-order chi connectivity index (χ0) is 12.3. The maximum atomic E-state index is 6.02. The number of aliphatic imine (C=N–C) groups is 1. The van der Waals surface area contributed by atoms with E-state index in [1.54, 1.807) is 11.3 Å². The van der Waals surface area contributed by atoms with Gasteiger partial charge in [0, 0.05) is 27.8 Å². The van der Waals surface area contributed by atoms with Crippen molar-refractivity contribution in [2.75, 3.05) is 13.1 Å². The lowest BCUT2D eigenvalue weighted by Crippen LogP contribution is -2.42. The first-order valence-electron chi connectivity index (χ1n) is 5.93. The van der Waals surface area contributed by atoms with Crippen LogP contribution >= 0.6 is 51.2 Å². The number of nitrogens with two attached hydrogens (primary N) is 1. The summed E-state index contributed by atoms with van der Waals surface area (Å²) in [6.45, 7) is 5.08. The molecule has 0 aromatic carbocycles. The molecule has 0 atom stereocenters. The Labute approximate surface area is 138 Å². The van der Waals surface area contributed by atoms with E-state index >= 15 is 0 Å². The third kappa shape index (κ3) is 4.70. The van der Waals surface area contributed by atoms with Gasteiger partial charge in [-0.2, -0.15) is 0 Å². The zero-order valence-electron chi connectivity index (χ0n) is 10.4. The Morgan fingerprint density at radius 2 is 2.22 bits per heavy atom. The molecule has 2 rings (SSSR count). The summed E-state index contributed by atoms with van der Waals surface area (Å²) < 4.78 is 1.12. The Balaban J connectivity index is 0.00000162. The van der Waals surface area contributed by atoms with Crippen LogP contribution < -0.4 is 5.73 Å². The molecular weight excluding hydrogens is 425 g/mol. The second kappa shape index (κ2) is 7.69. The number of likely N-dealkylation sites (tertiary alicyclic amines) is 1. The standard InChI is InChI=1S/C12H18BrN3S.HI/c1-9-2-4-16(5-3-9)12(14)15-7-11-6-10(13)8-17-11;/h6,8-9H,2-5,7H2,1H3,(H2,14,15);1H. The summed E-state index contributed by atoms with van der Waals surface area (Å²) in [4.78, 5) is 7.90. The number of piperidine rings is 1. The Kier molecular flexibility index (Phi) is 6.94. The van der Waals surface area contributed by atoms with Crippen molar-refractivity contribution in [2.24, 2.45) is 16.6 Å². The van der Waals surface area contributed by atoms with Crippen LogP contribution in [0.15, 0.2) is 20.9 Å². The van der Waals surface area contributed by atoms with E-state index in [0.717, 1.165) is 23.5 Å². The van der Waals surface area contributed by atoms with Crippen LogP contribution in [-0.4, -0.2) is 23.9 Å². The minimum atomic E-state index is 0. The smallest absolute Gasteiger partial charge is 0.191 e. The largest absolute Gasteiger partial charge is 0.370 e. The molecule has 2 N–H and O–H groups in total. The summed E-state index contributed by atoms with van der Waals surface area (Å²) in [6, 6.07) is 2.10. The maximum Gasteiger partial charge on any atom is 0.191 e.